The van der Waals surface area contributed by atoms with E-state index in [1.807, 2.05) is 31.2 Å². The van der Waals surface area contributed by atoms with Crippen molar-refractivity contribution in [2.75, 3.05) is 6.54 Å². The van der Waals surface area contributed by atoms with E-state index in [0.29, 0.717) is 18.0 Å². The molecule has 0 bridgehead atoms. The van der Waals surface area contributed by atoms with Gasteiger partial charge in [0, 0.05) is 31.8 Å². The van der Waals surface area contributed by atoms with E-state index in [2.05, 4.69) is 15.4 Å². The molecule has 0 aliphatic carbocycles. The highest BCUT2D eigenvalue weighted by atomic mass is 19.4. The average molecular weight is 378 g/mol. The Morgan fingerprint density at radius 2 is 1.96 bits per heavy atom. The summed E-state index contributed by atoms with van der Waals surface area (Å²) >= 11 is 0. The minimum Gasteiger partial charge on any atom is -0.444 e. The van der Waals surface area contributed by atoms with Crippen LogP contribution in [0.25, 0.3) is 11.5 Å². The molecule has 1 N–H and O–H groups in total. The zero-order valence-corrected chi connectivity index (χ0v) is 14.7. The summed E-state index contributed by atoms with van der Waals surface area (Å²) in [6.45, 7) is 2.08. The van der Waals surface area contributed by atoms with E-state index in [1.165, 1.54) is 13.3 Å². The predicted octanol–water partition coefficient (Wildman–Crippen LogP) is 3.37. The number of benzene rings is 1. The first-order valence-electron chi connectivity index (χ1n) is 8.14. The van der Waals surface area contributed by atoms with Gasteiger partial charge in [-0.1, -0.05) is 17.7 Å². The minimum atomic E-state index is -4.64. The Kier molecular flexibility index (Phi) is 5.02. The molecular weight excluding hydrogens is 361 g/mol. The van der Waals surface area contributed by atoms with Gasteiger partial charge in [0.1, 0.15) is 11.8 Å². The number of oxazole rings is 1. The van der Waals surface area contributed by atoms with Gasteiger partial charge in [-0.2, -0.15) is 18.3 Å². The number of hydrogen-bond donors (Lipinski definition) is 1. The second-order valence-electron chi connectivity index (χ2n) is 6.08. The molecule has 0 unspecified atom stereocenters. The summed E-state index contributed by atoms with van der Waals surface area (Å²) in [7, 11) is 1.33. The van der Waals surface area contributed by atoms with Gasteiger partial charge < -0.3 is 9.73 Å². The fraction of sp³-hybridized carbons (Fsp3) is 0.278. The third-order valence-electron chi connectivity index (χ3n) is 3.87. The molecule has 0 radical (unpaired) electrons. The Morgan fingerprint density at radius 1 is 1.26 bits per heavy atom. The molecule has 1 amide bonds. The van der Waals surface area contributed by atoms with Crippen molar-refractivity contribution in [2.24, 2.45) is 7.05 Å². The lowest BCUT2D eigenvalue weighted by atomic mass is 10.1. The lowest BCUT2D eigenvalue weighted by Gasteiger charge is -2.06. The second-order valence-corrected chi connectivity index (χ2v) is 6.08. The van der Waals surface area contributed by atoms with Gasteiger partial charge in [-0.25, -0.2) is 4.98 Å². The number of carbonyl (C=O) groups excluding carboxylic acids is 1. The van der Waals surface area contributed by atoms with Crippen molar-refractivity contribution in [3.63, 3.8) is 0 Å². The first-order chi connectivity index (χ1) is 12.7. The van der Waals surface area contributed by atoms with Crippen molar-refractivity contribution in [1.82, 2.24) is 20.1 Å². The topological polar surface area (TPSA) is 73.0 Å². The average Bonchev–Trinajstić information content (AvgIpc) is 3.22. The van der Waals surface area contributed by atoms with Crippen molar-refractivity contribution in [1.29, 1.82) is 0 Å². The Morgan fingerprint density at radius 3 is 2.63 bits per heavy atom. The molecule has 0 aliphatic rings. The molecule has 27 heavy (non-hydrogen) atoms. The predicted molar refractivity (Wildman–Crippen MR) is 90.9 cm³/mol. The van der Waals surface area contributed by atoms with Gasteiger partial charge in [-0.05, 0) is 19.1 Å². The molecule has 0 aliphatic heterocycles. The molecule has 2 heterocycles. The van der Waals surface area contributed by atoms with Crippen molar-refractivity contribution in [3.05, 3.63) is 59.2 Å². The molecule has 0 saturated heterocycles. The summed E-state index contributed by atoms with van der Waals surface area (Å²) in [4.78, 5) is 16.4. The van der Waals surface area contributed by atoms with Gasteiger partial charge >= 0.3 is 6.18 Å². The molecule has 0 saturated carbocycles. The van der Waals surface area contributed by atoms with Crippen LogP contribution >= 0.6 is 0 Å². The van der Waals surface area contributed by atoms with Crippen LogP contribution in [0.4, 0.5) is 13.2 Å². The maximum Gasteiger partial charge on any atom is 0.420 e. The highest BCUT2D eigenvalue weighted by Crippen LogP contribution is 2.31. The highest BCUT2D eigenvalue weighted by Gasteiger charge is 2.37. The third kappa shape index (κ3) is 4.36. The summed E-state index contributed by atoms with van der Waals surface area (Å²) < 4.78 is 45.2. The fourth-order valence-electron chi connectivity index (χ4n) is 2.50. The Hall–Kier alpha value is -3.10. The van der Waals surface area contributed by atoms with Crippen LogP contribution < -0.4 is 5.32 Å². The Balaban J connectivity index is 1.61. The summed E-state index contributed by atoms with van der Waals surface area (Å²) in [6, 6.07) is 7.63. The van der Waals surface area contributed by atoms with Crippen molar-refractivity contribution >= 4 is 5.91 Å². The normalized spacial score (nSPS) is 11.6. The Bertz CT molecular complexity index is 942. The number of nitrogens with one attached hydrogen (secondary N) is 1. The molecule has 9 heteroatoms. The van der Waals surface area contributed by atoms with Crippen LogP contribution in [-0.4, -0.2) is 27.2 Å². The van der Waals surface area contributed by atoms with E-state index in [4.69, 9.17) is 4.42 Å². The number of carbonyl (C=O) groups is 1. The maximum absolute atomic E-state index is 12.9. The van der Waals surface area contributed by atoms with Crippen LogP contribution in [0.1, 0.15) is 27.3 Å². The molecule has 142 valence electrons. The lowest BCUT2D eigenvalue weighted by Crippen LogP contribution is -2.28. The van der Waals surface area contributed by atoms with E-state index in [-0.39, 0.29) is 6.54 Å². The zero-order chi connectivity index (χ0) is 19.6. The zero-order valence-electron chi connectivity index (χ0n) is 14.7. The number of nitrogens with zero attached hydrogens (tertiary/aromatic N) is 3. The molecule has 0 spiro atoms. The molecule has 3 rings (SSSR count). The van der Waals surface area contributed by atoms with Gasteiger partial charge in [-0.3, -0.25) is 9.48 Å². The maximum atomic E-state index is 12.9. The molecule has 0 atom stereocenters. The molecule has 1 aromatic carbocycles. The van der Waals surface area contributed by atoms with Crippen LogP contribution in [0, 0.1) is 6.92 Å². The van der Waals surface area contributed by atoms with Gasteiger partial charge in [0.2, 0.25) is 5.89 Å². The SMILES string of the molecule is Cc1ccc(-c2nc(CCNC(=O)c3nn(C)cc3C(F)(F)F)co2)cc1. The van der Waals surface area contributed by atoms with E-state index in [9.17, 15) is 18.0 Å². The summed E-state index contributed by atoms with van der Waals surface area (Å²) in [5, 5.41) is 6.04. The minimum absolute atomic E-state index is 0.104. The quantitative estimate of drug-likeness (QED) is 0.739. The van der Waals surface area contributed by atoms with Crippen LogP contribution in [0.2, 0.25) is 0 Å². The number of aromatic nitrogens is 3. The van der Waals surface area contributed by atoms with Crippen molar-refractivity contribution in [2.45, 2.75) is 19.5 Å². The number of halogens is 3. The number of alkyl halides is 3. The van der Waals surface area contributed by atoms with Crippen molar-refractivity contribution in [3.8, 4) is 11.5 Å². The highest BCUT2D eigenvalue weighted by molar-refractivity contribution is 5.93. The standard InChI is InChI=1S/C18H17F3N4O2/c1-11-3-5-12(6-4-11)17-23-13(10-27-17)7-8-22-16(26)15-14(18(19,20)21)9-25(2)24-15/h3-6,9-10H,7-8H2,1-2H3,(H,22,26). The molecule has 6 nitrogen and oxygen atoms in total. The fourth-order valence-corrected chi connectivity index (χ4v) is 2.50. The summed E-state index contributed by atoms with van der Waals surface area (Å²) in [5.41, 5.74) is 0.805. The van der Waals surface area contributed by atoms with Gasteiger partial charge in [0.25, 0.3) is 5.91 Å². The molecule has 0 fully saturated rings. The van der Waals surface area contributed by atoms with E-state index in [0.717, 1.165) is 22.0 Å². The van der Waals surface area contributed by atoms with Gasteiger partial charge in [-0.15, -0.1) is 0 Å². The smallest absolute Gasteiger partial charge is 0.420 e. The van der Waals surface area contributed by atoms with Crippen molar-refractivity contribution < 1.29 is 22.4 Å². The van der Waals surface area contributed by atoms with Gasteiger partial charge in [0.15, 0.2) is 5.69 Å². The number of aryl methyl sites for hydroxylation is 2. The van der Waals surface area contributed by atoms with Crippen LogP contribution in [0.3, 0.4) is 0 Å². The number of rotatable bonds is 5. The first kappa shape index (κ1) is 18.7. The summed E-state index contributed by atoms with van der Waals surface area (Å²) in [5.74, 6) is -0.439. The second kappa shape index (κ2) is 7.26. The largest absolute Gasteiger partial charge is 0.444 e. The van der Waals surface area contributed by atoms with Crippen LogP contribution in [-0.2, 0) is 19.6 Å². The number of amides is 1. The first-order valence-corrected chi connectivity index (χ1v) is 8.14. The van der Waals surface area contributed by atoms with E-state index < -0.39 is 23.3 Å². The van der Waals surface area contributed by atoms with E-state index in [1.54, 1.807) is 0 Å². The monoisotopic (exact) mass is 378 g/mol. The molecule has 3 aromatic rings. The molecular formula is C18H17F3N4O2. The van der Waals surface area contributed by atoms with Crippen LogP contribution in [0.5, 0.6) is 0 Å². The number of hydrogen-bond acceptors (Lipinski definition) is 4. The van der Waals surface area contributed by atoms with Crippen LogP contribution in [0.15, 0.2) is 41.1 Å². The third-order valence-corrected chi connectivity index (χ3v) is 3.87. The van der Waals surface area contributed by atoms with Gasteiger partial charge in [0.05, 0.1) is 5.69 Å². The Labute approximate surface area is 153 Å². The lowest BCUT2D eigenvalue weighted by molar-refractivity contribution is -0.138. The molecule has 2 aromatic heterocycles. The summed E-state index contributed by atoms with van der Waals surface area (Å²) in [6.07, 6.45) is -2.09. The van der Waals surface area contributed by atoms with E-state index >= 15 is 0 Å².